The molecule has 0 radical (unpaired) electrons. The molecular formula is C13H22ClN3O4S2. The Morgan fingerprint density at radius 2 is 2.09 bits per heavy atom. The lowest BCUT2D eigenvalue weighted by Gasteiger charge is -2.26. The van der Waals surface area contributed by atoms with Gasteiger partial charge in [0.05, 0.1) is 13.2 Å². The molecule has 0 aromatic carbocycles. The van der Waals surface area contributed by atoms with Crippen LogP contribution in [0.25, 0.3) is 0 Å². The molecule has 2 rings (SSSR count). The number of carbonyl (C=O) groups is 1. The Morgan fingerprint density at radius 3 is 2.70 bits per heavy atom. The average Bonchev–Trinajstić information content (AvgIpc) is 3.03. The smallest absolute Gasteiger partial charge is 0.262 e. The number of carbonyl (C=O) groups excluding carboxylic acids is 1. The zero-order valence-electron chi connectivity index (χ0n) is 13.1. The Balaban J connectivity index is 0.00000264. The van der Waals surface area contributed by atoms with E-state index < -0.39 is 10.0 Å². The van der Waals surface area contributed by atoms with Crippen LogP contribution in [0.15, 0.2) is 16.3 Å². The van der Waals surface area contributed by atoms with Crippen molar-refractivity contribution in [3.05, 3.63) is 16.3 Å². The van der Waals surface area contributed by atoms with Crippen LogP contribution in [-0.4, -0.2) is 64.6 Å². The average molecular weight is 384 g/mol. The van der Waals surface area contributed by atoms with Gasteiger partial charge in [-0.3, -0.25) is 4.79 Å². The molecule has 1 saturated heterocycles. The van der Waals surface area contributed by atoms with Crippen LogP contribution >= 0.6 is 23.7 Å². The molecular weight excluding hydrogens is 362 g/mol. The topological polar surface area (TPSA) is 87.7 Å². The van der Waals surface area contributed by atoms with Crippen molar-refractivity contribution in [2.24, 2.45) is 0 Å². The molecule has 1 aliphatic heterocycles. The van der Waals surface area contributed by atoms with E-state index >= 15 is 0 Å². The van der Waals surface area contributed by atoms with E-state index in [1.165, 1.54) is 10.4 Å². The van der Waals surface area contributed by atoms with Gasteiger partial charge in [0.15, 0.2) is 0 Å². The molecule has 2 N–H and O–H groups in total. The van der Waals surface area contributed by atoms with Crippen LogP contribution < -0.4 is 10.6 Å². The maximum atomic E-state index is 12.7. The third-order valence-electron chi connectivity index (χ3n) is 3.48. The number of amides is 1. The minimum absolute atomic E-state index is 0. The van der Waals surface area contributed by atoms with E-state index in [1.54, 1.807) is 12.4 Å². The van der Waals surface area contributed by atoms with Crippen molar-refractivity contribution in [1.29, 1.82) is 0 Å². The summed E-state index contributed by atoms with van der Waals surface area (Å²) in [7, 11) is -1.85. The number of ether oxygens (including phenoxy) is 1. The number of nitrogens with zero attached hydrogens (tertiary/aromatic N) is 1. The lowest BCUT2D eigenvalue weighted by Crippen LogP contribution is -2.41. The summed E-state index contributed by atoms with van der Waals surface area (Å²) in [5.41, 5.74) is 0. The molecule has 1 aromatic rings. The van der Waals surface area contributed by atoms with Crippen molar-refractivity contribution in [2.45, 2.75) is 17.9 Å². The number of morpholine rings is 1. The molecule has 1 atom stereocenters. The minimum atomic E-state index is -3.65. The van der Waals surface area contributed by atoms with Crippen LogP contribution in [0.4, 0.5) is 0 Å². The third kappa shape index (κ3) is 4.88. The molecule has 0 saturated carbocycles. The van der Waals surface area contributed by atoms with Crippen molar-refractivity contribution < 1.29 is 17.9 Å². The fourth-order valence-corrected chi connectivity index (χ4v) is 4.75. The predicted octanol–water partition coefficient (Wildman–Crippen LogP) is 0.529. The molecule has 1 aromatic heterocycles. The molecule has 1 fully saturated rings. The molecule has 132 valence electrons. The van der Waals surface area contributed by atoms with E-state index in [9.17, 15) is 13.2 Å². The van der Waals surface area contributed by atoms with Crippen molar-refractivity contribution in [1.82, 2.24) is 14.9 Å². The molecule has 0 bridgehead atoms. The second-order valence-electron chi connectivity index (χ2n) is 5.03. The van der Waals surface area contributed by atoms with Crippen molar-refractivity contribution in [2.75, 3.05) is 39.9 Å². The SMILES string of the molecule is CNC(C)CNC(=O)c1sccc1S(=O)(=O)N1CCOCC1.Cl. The number of likely N-dealkylation sites (N-methyl/N-ethyl adjacent to an activating group) is 1. The summed E-state index contributed by atoms with van der Waals surface area (Å²) in [6.07, 6.45) is 0. The highest BCUT2D eigenvalue weighted by Gasteiger charge is 2.31. The van der Waals surface area contributed by atoms with Crippen LogP contribution in [0, 0.1) is 0 Å². The Kier molecular flexibility index (Phi) is 7.91. The van der Waals surface area contributed by atoms with Gasteiger partial charge in [0.1, 0.15) is 9.77 Å². The van der Waals surface area contributed by atoms with E-state index in [1.807, 2.05) is 6.92 Å². The molecule has 10 heteroatoms. The van der Waals surface area contributed by atoms with Gasteiger partial charge in [-0.25, -0.2) is 8.42 Å². The fourth-order valence-electron chi connectivity index (χ4n) is 2.02. The lowest BCUT2D eigenvalue weighted by atomic mass is 10.3. The number of hydrogen-bond donors (Lipinski definition) is 2. The lowest BCUT2D eigenvalue weighted by molar-refractivity contribution is 0.0730. The second kappa shape index (κ2) is 8.95. The highest BCUT2D eigenvalue weighted by molar-refractivity contribution is 7.89. The van der Waals surface area contributed by atoms with Crippen LogP contribution in [0.3, 0.4) is 0 Å². The normalized spacial score (nSPS) is 17.3. The standard InChI is InChI=1S/C13H21N3O4S2.ClH/c1-10(14-2)9-15-13(17)12-11(3-8-21-12)22(18,19)16-4-6-20-7-5-16;/h3,8,10,14H,4-7,9H2,1-2H3,(H,15,17);1H. The van der Waals surface area contributed by atoms with Gasteiger partial charge in [0, 0.05) is 25.7 Å². The van der Waals surface area contributed by atoms with E-state index in [2.05, 4.69) is 10.6 Å². The number of halogens is 1. The summed E-state index contributed by atoms with van der Waals surface area (Å²) in [6.45, 7) is 3.76. The van der Waals surface area contributed by atoms with Gasteiger partial charge in [0.2, 0.25) is 10.0 Å². The van der Waals surface area contributed by atoms with Crippen molar-refractivity contribution in [3.63, 3.8) is 0 Å². The minimum Gasteiger partial charge on any atom is -0.379 e. The number of nitrogens with one attached hydrogen (secondary N) is 2. The van der Waals surface area contributed by atoms with Gasteiger partial charge < -0.3 is 15.4 Å². The van der Waals surface area contributed by atoms with Gasteiger partial charge >= 0.3 is 0 Å². The highest BCUT2D eigenvalue weighted by Crippen LogP contribution is 2.25. The van der Waals surface area contributed by atoms with Gasteiger partial charge in [-0.2, -0.15) is 4.31 Å². The largest absolute Gasteiger partial charge is 0.379 e. The summed E-state index contributed by atoms with van der Waals surface area (Å²) in [4.78, 5) is 12.5. The van der Waals surface area contributed by atoms with Gasteiger partial charge in [-0.15, -0.1) is 23.7 Å². The quantitative estimate of drug-likeness (QED) is 0.748. The van der Waals surface area contributed by atoms with E-state index in [0.717, 1.165) is 11.3 Å². The molecule has 2 heterocycles. The van der Waals surface area contributed by atoms with Crippen molar-refractivity contribution >= 4 is 39.7 Å². The first-order chi connectivity index (χ1) is 10.5. The summed E-state index contributed by atoms with van der Waals surface area (Å²) in [5, 5.41) is 7.39. The second-order valence-corrected chi connectivity index (χ2v) is 7.85. The highest BCUT2D eigenvalue weighted by atomic mass is 35.5. The zero-order chi connectivity index (χ0) is 16.2. The molecule has 1 amide bonds. The Bertz CT molecular complexity index is 614. The van der Waals surface area contributed by atoms with Crippen LogP contribution in [-0.2, 0) is 14.8 Å². The van der Waals surface area contributed by atoms with Crippen LogP contribution in [0.5, 0.6) is 0 Å². The number of sulfonamides is 1. The number of thiophene rings is 1. The van der Waals surface area contributed by atoms with Gasteiger partial charge in [0.25, 0.3) is 5.91 Å². The maximum Gasteiger partial charge on any atom is 0.262 e. The Morgan fingerprint density at radius 1 is 1.43 bits per heavy atom. The first-order valence-electron chi connectivity index (χ1n) is 7.07. The van der Waals surface area contributed by atoms with E-state index in [0.29, 0.717) is 32.8 Å². The van der Waals surface area contributed by atoms with E-state index in [4.69, 9.17) is 4.74 Å². The molecule has 0 aliphatic carbocycles. The summed E-state index contributed by atoms with van der Waals surface area (Å²) < 4.78 is 31.8. The van der Waals surface area contributed by atoms with Crippen molar-refractivity contribution in [3.8, 4) is 0 Å². The first-order valence-corrected chi connectivity index (χ1v) is 9.39. The molecule has 1 unspecified atom stereocenters. The maximum absolute atomic E-state index is 12.7. The molecule has 7 nitrogen and oxygen atoms in total. The molecule has 23 heavy (non-hydrogen) atoms. The number of rotatable bonds is 6. The van der Waals surface area contributed by atoms with Gasteiger partial charge in [-0.1, -0.05) is 0 Å². The van der Waals surface area contributed by atoms with Crippen LogP contribution in [0.1, 0.15) is 16.6 Å². The summed E-state index contributed by atoms with van der Waals surface area (Å²) >= 11 is 1.14. The first kappa shape index (κ1) is 20.3. The molecule has 0 spiro atoms. The third-order valence-corrected chi connectivity index (χ3v) is 6.47. The monoisotopic (exact) mass is 383 g/mol. The summed E-state index contributed by atoms with van der Waals surface area (Å²) in [5.74, 6) is -0.357. The van der Waals surface area contributed by atoms with Gasteiger partial charge in [-0.05, 0) is 25.4 Å². The Hall–Kier alpha value is -0.710. The van der Waals surface area contributed by atoms with E-state index in [-0.39, 0.29) is 34.1 Å². The van der Waals surface area contributed by atoms with Crippen LogP contribution in [0.2, 0.25) is 0 Å². The zero-order valence-corrected chi connectivity index (χ0v) is 15.5. The summed E-state index contributed by atoms with van der Waals surface area (Å²) in [6, 6.07) is 1.61. The Labute approximate surface area is 146 Å². The predicted molar refractivity (Wildman–Crippen MR) is 92.0 cm³/mol. The fraction of sp³-hybridized carbons (Fsp3) is 0.615. The molecule has 1 aliphatic rings. The number of hydrogen-bond acceptors (Lipinski definition) is 6.